The molecule has 0 atom stereocenters. The lowest BCUT2D eigenvalue weighted by atomic mass is 10.1. The lowest BCUT2D eigenvalue weighted by Gasteiger charge is -2.26. The van der Waals surface area contributed by atoms with Crippen LogP contribution in [0.1, 0.15) is 91.3 Å². The third-order valence-electron chi connectivity index (χ3n) is 25.5. The van der Waals surface area contributed by atoms with Crippen LogP contribution < -0.4 is 45.2 Å². The van der Waals surface area contributed by atoms with Crippen LogP contribution in [0.4, 0.5) is 23.3 Å². The number of hydrogen-bond donors (Lipinski definition) is 6. The number of carbonyl (C=O) groups excluding carboxylic acids is 3. The number of anilines is 4. The Labute approximate surface area is 809 Å². The van der Waals surface area contributed by atoms with Gasteiger partial charge in [-0.3, -0.25) is 67.2 Å². The molecule has 3 amide bonds. The van der Waals surface area contributed by atoms with Crippen LogP contribution in [0, 0.1) is 55.4 Å². The van der Waals surface area contributed by atoms with E-state index in [1.165, 1.54) is 39.3 Å². The Morgan fingerprint density at radius 1 is 0.387 bits per heavy atom. The summed E-state index contributed by atoms with van der Waals surface area (Å²) in [6.07, 6.45) is 9.00. The van der Waals surface area contributed by atoms with Crippen LogP contribution in [0.25, 0.3) is 110 Å². The first-order chi connectivity index (χ1) is 68.5. The largest absolute Gasteiger partial charge is 0.383 e. The van der Waals surface area contributed by atoms with E-state index in [2.05, 4.69) is 55.1 Å². The molecule has 1 aliphatic rings. The molecule has 14 heterocycles. The number of morpholine rings is 1. The molecule has 0 unspecified atom stereocenters. The number of hydroxylamine groups is 4. The van der Waals surface area contributed by atoms with E-state index in [1.54, 1.807) is 54.3 Å². The second-order valence-corrected chi connectivity index (χ2v) is 34.9. The maximum absolute atomic E-state index is 14.0. The summed E-state index contributed by atoms with van der Waals surface area (Å²) in [5.41, 5.74) is 41.8. The van der Waals surface area contributed by atoms with E-state index >= 15 is 0 Å². The van der Waals surface area contributed by atoms with Crippen molar-refractivity contribution >= 4 is 128 Å². The number of benzene rings is 7. The van der Waals surface area contributed by atoms with Crippen LogP contribution in [-0.2, 0) is 64.6 Å². The molecule has 13 aromatic heterocycles. The van der Waals surface area contributed by atoms with Crippen LogP contribution in [-0.4, -0.2) is 185 Å². The first-order valence-corrected chi connectivity index (χ1v) is 45.7. The maximum atomic E-state index is 14.0. The highest BCUT2D eigenvalue weighted by Gasteiger charge is 2.29. The van der Waals surface area contributed by atoms with Gasteiger partial charge in [0.2, 0.25) is 11.8 Å². The quantitative estimate of drug-likeness (QED) is 0.0323. The third kappa shape index (κ3) is 18.4. The lowest BCUT2D eigenvalue weighted by molar-refractivity contribution is -0.162. The maximum Gasteiger partial charge on any atom is 0.265 e. The number of ether oxygens (including phenoxy) is 1. The Hall–Kier alpha value is -17.8. The summed E-state index contributed by atoms with van der Waals surface area (Å²) >= 11 is 0. The number of nitrogens with two attached hydrogens (primary N) is 4. The number of nitrogen functional groups attached to an aromatic ring is 4. The van der Waals surface area contributed by atoms with Gasteiger partial charge in [0.1, 0.15) is 48.6 Å². The van der Waals surface area contributed by atoms with Gasteiger partial charge in [-0.05, 0) is 171 Å². The fourth-order valence-corrected chi connectivity index (χ4v) is 18.4. The standard InChI is InChI=1S/C29H29N7O3.C27H27N7O3.C26H25N7O3.C22H19N7O/c1-18-6-3-4-9-23(18)36-21(14-20-8-5-7-19(2)25(20)29(36)38)16-35-28-26(27(30)31-17-32-28)22(33-35)15-24(37)34-10-12-39-13-11-34;1-16-7-4-5-10-22(16)34-20(13-19-9-6-8-17(2)23(19)27(34)36)14-32-26-24(25(28)29-15-30-26)21(31-32)11-12-33(37)18(3)35;1-15-7-4-5-10-20(15)33-18(11-17-9-6-8-16(2)22(17)26(33)35)13-32-25-23(24(27)28-14-29-25)19(30-32)12-21(34)31(3)36;1-13-5-3-4-6-18(13)29-15(9-17-19(22(29)30)14(2)7-8-24-17)11-28-21-16(10-27-28)20(23)25-12-26-21/h3-9,14,17H,10-13,15-16H2,1-2H3,(H2,30,31,32);4-10,13,15,37H,11-12,14H2,1-3H3,(H2,28,29,30);4-11,14,36H,12-13H2,1-3H3,(H2,27,28,29);3-10,12H,11H2,1-2H3,(H2,23,25,26). The van der Waals surface area contributed by atoms with Crippen LogP contribution in [0.15, 0.2) is 239 Å². The van der Waals surface area contributed by atoms with Gasteiger partial charge < -0.3 is 32.6 Å². The number of nitrogens with zero attached hydrogens (tertiary/aromatic N) is 24. The van der Waals surface area contributed by atoms with E-state index in [1.807, 2.05) is 237 Å². The molecule has 0 radical (unpaired) electrons. The number of fused-ring (bicyclic) bond motifs is 8. The Morgan fingerprint density at radius 3 is 1.15 bits per heavy atom. The highest BCUT2D eigenvalue weighted by Crippen LogP contribution is 2.33. The smallest absolute Gasteiger partial charge is 0.265 e. The molecule has 0 spiro atoms. The van der Waals surface area contributed by atoms with E-state index in [-0.39, 0.29) is 91.0 Å². The van der Waals surface area contributed by atoms with Gasteiger partial charge in [-0.25, -0.2) is 68.7 Å². The van der Waals surface area contributed by atoms with Gasteiger partial charge in [0.05, 0.1) is 159 Å². The fourth-order valence-electron chi connectivity index (χ4n) is 18.4. The van der Waals surface area contributed by atoms with Crippen LogP contribution in [0.5, 0.6) is 0 Å². The van der Waals surface area contributed by atoms with Crippen molar-refractivity contribution < 1.29 is 29.5 Å². The molecule has 142 heavy (non-hydrogen) atoms. The number of aromatic nitrogens is 21. The van der Waals surface area contributed by atoms with Crippen molar-refractivity contribution in [3.8, 4) is 22.7 Å². The molecule has 1 fully saturated rings. The Morgan fingerprint density at radius 2 is 0.739 bits per heavy atom. The second-order valence-electron chi connectivity index (χ2n) is 34.9. The molecular formula is C104H100N28O10. The van der Waals surface area contributed by atoms with E-state index < -0.39 is 11.8 Å². The summed E-state index contributed by atoms with van der Waals surface area (Å²) in [6, 6.07) is 58.2. The summed E-state index contributed by atoms with van der Waals surface area (Å²) in [6.45, 7) is 20.1. The van der Waals surface area contributed by atoms with E-state index in [0.717, 1.165) is 100 Å². The predicted molar refractivity (Wildman–Crippen MR) is 541 cm³/mol. The Bertz CT molecular complexity index is 8680. The first kappa shape index (κ1) is 94.6. The molecule has 38 nitrogen and oxygen atoms in total. The van der Waals surface area contributed by atoms with E-state index in [0.29, 0.717) is 143 Å². The van der Waals surface area contributed by atoms with Gasteiger partial charge in [0, 0.05) is 56.8 Å². The topological polar surface area (TPSA) is 490 Å². The molecule has 0 aliphatic carbocycles. The lowest BCUT2D eigenvalue weighted by Crippen LogP contribution is -2.41. The Balaban J connectivity index is 0.000000125. The number of hydrogen-bond acceptors (Lipinski definition) is 27. The minimum absolute atomic E-state index is 0.0406. The number of rotatable bonds is 19. The third-order valence-corrected chi connectivity index (χ3v) is 25.5. The summed E-state index contributed by atoms with van der Waals surface area (Å²) in [5.74, 6) is -0.000515. The fraction of sp³-hybridized carbons (Fsp3) is 0.212. The van der Waals surface area contributed by atoms with Crippen LogP contribution in [0.2, 0.25) is 0 Å². The zero-order valence-electron chi connectivity index (χ0n) is 79.5. The van der Waals surface area contributed by atoms with Crippen molar-refractivity contribution in [2.75, 3.05) is 62.8 Å². The molecule has 21 rings (SSSR count). The molecule has 10 N–H and O–H groups in total. The molecular weight excluding hydrogens is 1800 g/mol. The summed E-state index contributed by atoms with van der Waals surface area (Å²) < 4.78 is 19.0. The second kappa shape index (κ2) is 39.7. The van der Waals surface area contributed by atoms with Gasteiger partial charge >= 0.3 is 0 Å². The SMILES string of the molecule is CC(=O)N(O)CCc1nn(Cc2cc3cccc(C)c3c(=O)n2-c2ccccc2C)c2ncnc(N)c12.Cc1ccccc1-n1c(Cn2nc(CC(=O)N(C)O)c3c(N)ncnc32)cc2cccc(C)c2c1=O.Cc1ccccc1-n1c(Cn2nc(CC(=O)N3CCOCC3)c3c(N)ncnc32)cc2cccc(C)c2c1=O.Cc1ccccc1-n1c(Cn2ncc3c(N)ncnc32)cc2nccc(C)c2c1=O. The first-order valence-electron chi connectivity index (χ1n) is 45.7. The zero-order valence-corrected chi connectivity index (χ0v) is 79.5. The number of para-hydroxylation sites is 4. The average Bonchev–Trinajstić information content (AvgIpc) is 1.25. The van der Waals surface area contributed by atoms with Crippen molar-refractivity contribution in [1.29, 1.82) is 0 Å². The summed E-state index contributed by atoms with van der Waals surface area (Å²) in [7, 11) is 1.25. The van der Waals surface area contributed by atoms with Gasteiger partial charge in [0.15, 0.2) is 22.6 Å². The van der Waals surface area contributed by atoms with Crippen LogP contribution >= 0.6 is 0 Å². The van der Waals surface area contributed by atoms with Crippen LogP contribution in [0.3, 0.4) is 0 Å². The van der Waals surface area contributed by atoms with Gasteiger partial charge in [-0.15, -0.1) is 0 Å². The molecule has 1 saturated heterocycles. The number of pyridine rings is 5. The van der Waals surface area contributed by atoms with Gasteiger partial charge in [0.25, 0.3) is 28.1 Å². The molecule has 20 aromatic rings. The van der Waals surface area contributed by atoms with Gasteiger partial charge in [-0.2, -0.15) is 20.4 Å². The van der Waals surface area contributed by atoms with Crippen molar-refractivity contribution in [3.05, 3.63) is 345 Å². The predicted octanol–water partition coefficient (Wildman–Crippen LogP) is 11.5. The molecule has 716 valence electrons. The number of aryl methyl sites for hydroxylation is 8. The van der Waals surface area contributed by atoms with Crippen molar-refractivity contribution in [3.63, 3.8) is 0 Å². The molecule has 0 saturated carbocycles. The monoisotopic (exact) mass is 1900 g/mol. The van der Waals surface area contributed by atoms with Gasteiger partial charge in [-0.1, -0.05) is 127 Å². The average molecular weight is 1900 g/mol. The highest BCUT2D eigenvalue weighted by atomic mass is 16.5. The minimum atomic E-state index is -0.553. The van der Waals surface area contributed by atoms with Crippen molar-refractivity contribution in [2.45, 2.75) is 108 Å². The normalized spacial score (nSPS) is 12.0. The summed E-state index contributed by atoms with van der Waals surface area (Å²) in [4.78, 5) is 132. The number of carbonyl (C=O) groups is 3. The number of likely N-dealkylation sites (N-methyl/N-ethyl adjacent to an activating group) is 1. The minimum Gasteiger partial charge on any atom is -0.383 e. The number of amides is 3. The van der Waals surface area contributed by atoms with E-state index in [9.17, 15) is 44.0 Å². The molecule has 1 aliphatic heterocycles. The Kier molecular flexibility index (Phi) is 26.5. The molecule has 0 bridgehead atoms. The summed E-state index contributed by atoms with van der Waals surface area (Å²) in [5, 5.41) is 46.5. The highest BCUT2D eigenvalue weighted by molar-refractivity contribution is 5.95. The van der Waals surface area contributed by atoms with Crippen molar-refractivity contribution in [1.82, 2.24) is 117 Å². The molecule has 38 heteroatoms. The molecule has 7 aromatic carbocycles. The van der Waals surface area contributed by atoms with Crippen molar-refractivity contribution in [2.24, 2.45) is 0 Å². The zero-order chi connectivity index (χ0) is 99.7. The van der Waals surface area contributed by atoms with E-state index in [4.69, 9.17) is 37.9 Å².